The van der Waals surface area contributed by atoms with Crippen LogP contribution >= 0.6 is 0 Å². The van der Waals surface area contributed by atoms with Gasteiger partial charge < -0.3 is 0 Å². The lowest BCUT2D eigenvalue weighted by Crippen LogP contribution is -2.21. The zero-order valence-corrected chi connectivity index (χ0v) is 7.69. The van der Waals surface area contributed by atoms with Gasteiger partial charge in [-0.2, -0.15) is 5.26 Å². The minimum Gasteiger partial charge on any atom is -0.227 e. The molecule has 0 radical (unpaired) electrons. The molecule has 0 bridgehead atoms. The second-order valence-electron chi connectivity index (χ2n) is 2.39. The summed E-state index contributed by atoms with van der Waals surface area (Å²) < 4.78 is 22.3. The van der Waals surface area contributed by atoms with Gasteiger partial charge in [0.2, 0.25) is 0 Å². The van der Waals surface area contributed by atoms with Gasteiger partial charge in [-0.1, -0.05) is 13.8 Å². The van der Waals surface area contributed by atoms with Crippen LogP contribution in [0.5, 0.6) is 0 Å². The van der Waals surface area contributed by atoms with Crippen LogP contribution in [0.25, 0.3) is 0 Å². The average molecular weight is 175 g/mol. The fourth-order valence-corrected chi connectivity index (χ4v) is 2.37. The summed E-state index contributed by atoms with van der Waals surface area (Å²) in [6, 6.07) is 1.79. The summed E-state index contributed by atoms with van der Waals surface area (Å²) in [6.07, 6.45) is 0.972. The van der Waals surface area contributed by atoms with Crippen LogP contribution in [0.2, 0.25) is 0 Å². The number of nitrogens with zero attached hydrogens (tertiary/aromatic N) is 1. The Morgan fingerprint density at radius 1 is 1.45 bits per heavy atom. The second-order valence-corrected chi connectivity index (χ2v) is 4.70. The first kappa shape index (κ1) is 10.4. The summed E-state index contributed by atoms with van der Waals surface area (Å²) in [5.41, 5.74) is 0. The van der Waals surface area contributed by atoms with Crippen LogP contribution < -0.4 is 0 Å². The van der Waals surface area contributed by atoms with E-state index in [1.54, 1.807) is 19.9 Å². The Hall–Kier alpha value is -0.560. The second kappa shape index (κ2) is 4.35. The summed E-state index contributed by atoms with van der Waals surface area (Å²) in [5.74, 6) is 0.124. The number of hydrogen-bond acceptors (Lipinski definition) is 3. The van der Waals surface area contributed by atoms with Gasteiger partial charge in [0.1, 0.15) is 5.25 Å². The van der Waals surface area contributed by atoms with E-state index in [2.05, 4.69) is 0 Å². The summed E-state index contributed by atoms with van der Waals surface area (Å²) >= 11 is 0. The SMILES string of the molecule is CCCS(=O)(=O)C(C#N)CC. The molecule has 0 amide bonds. The molecule has 1 atom stereocenters. The fourth-order valence-electron chi connectivity index (χ4n) is 0.852. The molecule has 3 nitrogen and oxygen atoms in total. The van der Waals surface area contributed by atoms with Crippen molar-refractivity contribution in [3.8, 4) is 6.07 Å². The van der Waals surface area contributed by atoms with Crippen LogP contribution in [0.1, 0.15) is 26.7 Å². The standard InChI is InChI=1S/C7H13NO2S/c1-3-5-11(9,10)7(4-2)6-8/h7H,3-5H2,1-2H3. The quantitative estimate of drug-likeness (QED) is 0.643. The van der Waals surface area contributed by atoms with Crippen molar-refractivity contribution in [3.63, 3.8) is 0 Å². The monoisotopic (exact) mass is 175 g/mol. The van der Waals surface area contributed by atoms with Crippen LogP contribution in [0.15, 0.2) is 0 Å². The highest BCUT2D eigenvalue weighted by Crippen LogP contribution is 2.06. The van der Waals surface area contributed by atoms with E-state index in [-0.39, 0.29) is 5.75 Å². The van der Waals surface area contributed by atoms with E-state index in [9.17, 15) is 8.42 Å². The van der Waals surface area contributed by atoms with E-state index in [1.807, 2.05) is 0 Å². The van der Waals surface area contributed by atoms with Crippen molar-refractivity contribution < 1.29 is 8.42 Å². The largest absolute Gasteiger partial charge is 0.227 e. The summed E-state index contributed by atoms with van der Waals surface area (Å²) in [7, 11) is -3.13. The molecular formula is C7H13NO2S. The zero-order valence-electron chi connectivity index (χ0n) is 6.87. The van der Waals surface area contributed by atoms with Crippen LogP contribution in [-0.4, -0.2) is 19.4 Å². The van der Waals surface area contributed by atoms with E-state index in [4.69, 9.17) is 5.26 Å². The lowest BCUT2D eigenvalue weighted by Gasteiger charge is -2.05. The Morgan fingerprint density at radius 2 is 2.00 bits per heavy atom. The molecule has 0 aromatic heterocycles. The van der Waals surface area contributed by atoms with Crippen LogP contribution in [0.4, 0.5) is 0 Å². The first-order chi connectivity index (χ1) is 5.08. The summed E-state index contributed by atoms with van der Waals surface area (Å²) in [4.78, 5) is 0. The molecular weight excluding hydrogens is 162 g/mol. The number of sulfone groups is 1. The third kappa shape index (κ3) is 2.89. The van der Waals surface area contributed by atoms with Crippen molar-refractivity contribution in [3.05, 3.63) is 0 Å². The molecule has 0 aromatic carbocycles. The predicted octanol–water partition coefficient (Wildman–Crippen LogP) is 1.11. The maximum Gasteiger partial charge on any atom is 0.166 e. The van der Waals surface area contributed by atoms with Gasteiger partial charge in [-0.3, -0.25) is 0 Å². The molecule has 0 saturated heterocycles. The minimum absolute atomic E-state index is 0.124. The van der Waals surface area contributed by atoms with Crippen molar-refractivity contribution in [2.75, 3.05) is 5.75 Å². The van der Waals surface area contributed by atoms with Crippen molar-refractivity contribution in [2.24, 2.45) is 0 Å². The highest BCUT2D eigenvalue weighted by Gasteiger charge is 2.21. The average Bonchev–Trinajstić information content (AvgIpc) is 1.89. The number of nitriles is 1. The maximum atomic E-state index is 11.2. The molecule has 0 saturated carbocycles. The lowest BCUT2D eigenvalue weighted by molar-refractivity contribution is 0.586. The van der Waals surface area contributed by atoms with Gasteiger partial charge in [-0.25, -0.2) is 8.42 Å². The van der Waals surface area contributed by atoms with Crippen LogP contribution in [0, 0.1) is 11.3 Å². The molecule has 0 rings (SSSR count). The highest BCUT2D eigenvalue weighted by molar-refractivity contribution is 7.92. The minimum atomic E-state index is -3.13. The Balaban J connectivity index is 4.43. The third-order valence-electron chi connectivity index (χ3n) is 1.44. The highest BCUT2D eigenvalue weighted by atomic mass is 32.2. The third-order valence-corrected chi connectivity index (χ3v) is 3.72. The Morgan fingerprint density at radius 3 is 2.27 bits per heavy atom. The zero-order chi connectivity index (χ0) is 8.91. The van der Waals surface area contributed by atoms with E-state index < -0.39 is 15.1 Å². The molecule has 0 aromatic rings. The Bertz CT molecular complexity index is 238. The summed E-state index contributed by atoms with van der Waals surface area (Å²) in [5, 5.41) is 7.66. The predicted molar refractivity (Wildman–Crippen MR) is 43.8 cm³/mol. The normalized spacial score (nSPS) is 13.9. The van der Waals surface area contributed by atoms with Crippen LogP contribution in [0.3, 0.4) is 0 Å². The van der Waals surface area contributed by atoms with E-state index >= 15 is 0 Å². The molecule has 0 fully saturated rings. The first-order valence-corrected chi connectivity index (χ1v) is 5.41. The summed E-state index contributed by atoms with van der Waals surface area (Å²) in [6.45, 7) is 3.50. The van der Waals surface area contributed by atoms with Crippen molar-refractivity contribution in [2.45, 2.75) is 31.9 Å². The lowest BCUT2D eigenvalue weighted by atomic mass is 10.4. The number of hydrogen-bond donors (Lipinski definition) is 0. The van der Waals surface area contributed by atoms with Gasteiger partial charge in [0.05, 0.1) is 11.8 Å². The molecule has 0 aliphatic heterocycles. The maximum absolute atomic E-state index is 11.2. The first-order valence-electron chi connectivity index (χ1n) is 3.69. The number of rotatable bonds is 4. The smallest absolute Gasteiger partial charge is 0.166 e. The van der Waals surface area contributed by atoms with E-state index in [0.717, 1.165) is 0 Å². The van der Waals surface area contributed by atoms with Crippen molar-refractivity contribution >= 4 is 9.84 Å². The van der Waals surface area contributed by atoms with E-state index in [0.29, 0.717) is 12.8 Å². The van der Waals surface area contributed by atoms with Crippen LogP contribution in [-0.2, 0) is 9.84 Å². The fraction of sp³-hybridized carbons (Fsp3) is 0.857. The molecule has 0 aliphatic carbocycles. The molecule has 0 N–H and O–H groups in total. The molecule has 4 heteroatoms. The van der Waals surface area contributed by atoms with Crippen molar-refractivity contribution in [1.29, 1.82) is 5.26 Å². The van der Waals surface area contributed by atoms with Gasteiger partial charge >= 0.3 is 0 Å². The molecule has 64 valence electrons. The van der Waals surface area contributed by atoms with Gasteiger partial charge in [-0.05, 0) is 12.8 Å². The molecule has 0 aliphatic rings. The molecule has 1 unspecified atom stereocenters. The van der Waals surface area contributed by atoms with Crippen molar-refractivity contribution in [1.82, 2.24) is 0 Å². The van der Waals surface area contributed by atoms with Gasteiger partial charge in [0.15, 0.2) is 9.84 Å². The van der Waals surface area contributed by atoms with Gasteiger partial charge in [0.25, 0.3) is 0 Å². The molecule has 0 spiro atoms. The topological polar surface area (TPSA) is 57.9 Å². The van der Waals surface area contributed by atoms with Gasteiger partial charge in [0, 0.05) is 0 Å². The molecule has 0 heterocycles. The van der Waals surface area contributed by atoms with E-state index in [1.165, 1.54) is 0 Å². The molecule has 11 heavy (non-hydrogen) atoms. The Labute approximate surface area is 67.9 Å². The Kier molecular flexibility index (Phi) is 4.12. The van der Waals surface area contributed by atoms with Gasteiger partial charge in [-0.15, -0.1) is 0 Å².